The van der Waals surface area contributed by atoms with Gasteiger partial charge in [-0.05, 0) is 31.0 Å². The number of halogens is 1. The first-order valence-electron chi connectivity index (χ1n) is 6.92. The van der Waals surface area contributed by atoms with Crippen molar-refractivity contribution < 1.29 is 18.3 Å². The van der Waals surface area contributed by atoms with E-state index >= 15 is 0 Å². The van der Waals surface area contributed by atoms with Gasteiger partial charge < -0.3 is 5.11 Å². The molecule has 5 nitrogen and oxygen atoms in total. The quantitative estimate of drug-likeness (QED) is 0.900. The van der Waals surface area contributed by atoms with Crippen LogP contribution in [0.2, 0.25) is 5.02 Å². The Morgan fingerprint density at radius 3 is 2.52 bits per heavy atom. The maximum Gasteiger partial charge on any atom is 0.335 e. The Hall–Kier alpha value is -1.11. The fourth-order valence-electron chi connectivity index (χ4n) is 2.78. The number of carboxylic acid groups (broad SMARTS) is 1. The van der Waals surface area contributed by atoms with E-state index in [2.05, 4.69) is 0 Å². The van der Waals surface area contributed by atoms with Gasteiger partial charge in [0.25, 0.3) is 0 Å². The van der Waals surface area contributed by atoms with Crippen molar-refractivity contribution in [2.75, 3.05) is 6.54 Å². The van der Waals surface area contributed by atoms with E-state index in [1.165, 1.54) is 16.4 Å². The maximum absolute atomic E-state index is 12.8. The van der Waals surface area contributed by atoms with E-state index in [4.69, 9.17) is 16.7 Å². The van der Waals surface area contributed by atoms with Crippen LogP contribution in [0.3, 0.4) is 0 Å². The number of benzene rings is 1. The van der Waals surface area contributed by atoms with Gasteiger partial charge >= 0.3 is 5.97 Å². The molecule has 1 aliphatic carbocycles. The van der Waals surface area contributed by atoms with E-state index < -0.39 is 16.0 Å². The van der Waals surface area contributed by atoms with Crippen LogP contribution in [0.15, 0.2) is 23.1 Å². The fourth-order valence-corrected chi connectivity index (χ4v) is 4.97. The predicted octanol–water partition coefficient (Wildman–Crippen LogP) is 2.99. The van der Waals surface area contributed by atoms with Gasteiger partial charge in [0.05, 0.1) is 10.6 Å². The lowest BCUT2D eigenvalue weighted by Crippen LogP contribution is -2.38. The van der Waals surface area contributed by atoms with E-state index in [1.54, 1.807) is 6.92 Å². The second-order valence-corrected chi connectivity index (χ2v) is 7.36. The van der Waals surface area contributed by atoms with Crippen LogP contribution in [0.25, 0.3) is 0 Å². The number of sulfonamides is 1. The first-order valence-corrected chi connectivity index (χ1v) is 8.74. The molecule has 1 N–H and O–H groups in total. The Kier molecular flexibility index (Phi) is 4.91. The normalized spacial score (nSPS) is 16.5. The Morgan fingerprint density at radius 1 is 1.38 bits per heavy atom. The molecular weight excluding hydrogens is 314 g/mol. The molecule has 0 heterocycles. The van der Waals surface area contributed by atoms with Gasteiger partial charge in [-0.2, -0.15) is 4.31 Å². The minimum atomic E-state index is -3.78. The molecular formula is C14H18ClNO4S. The molecule has 0 aliphatic heterocycles. The topological polar surface area (TPSA) is 74.7 Å². The monoisotopic (exact) mass is 331 g/mol. The van der Waals surface area contributed by atoms with Crippen molar-refractivity contribution >= 4 is 27.6 Å². The molecule has 0 atom stereocenters. The summed E-state index contributed by atoms with van der Waals surface area (Å²) in [5.41, 5.74) is -0.0829. The predicted molar refractivity (Wildman–Crippen MR) is 80.2 cm³/mol. The van der Waals surface area contributed by atoms with Crippen LogP contribution >= 0.6 is 11.6 Å². The molecule has 0 spiro atoms. The minimum Gasteiger partial charge on any atom is -0.478 e. The van der Waals surface area contributed by atoms with Crippen LogP contribution in [-0.2, 0) is 10.0 Å². The van der Waals surface area contributed by atoms with Crippen molar-refractivity contribution in [1.29, 1.82) is 0 Å². The third-order valence-electron chi connectivity index (χ3n) is 3.81. The van der Waals surface area contributed by atoms with Crippen LogP contribution in [0.5, 0.6) is 0 Å². The SMILES string of the molecule is CCN(C1CCCC1)S(=O)(=O)c1cc(C(=O)O)ccc1Cl. The van der Waals surface area contributed by atoms with Gasteiger partial charge in [0.1, 0.15) is 4.90 Å². The van der Waals surface area contributed by atoms with Gasteiger partial charge in [0.2, 0.25) is 10.0 Å². The average Bonchev–Trinajstić information content (AvgIpc) is 2.93. The fraction of sp³-hybridized carbons (Fsp3) is 0.500. The van der Waals surface area contributed by atoms with Crippen LogP contribution in [0, 0.1) is 0 Å². The Morgan fingerprint density at radius 2 is 2.00 bits per heavy atom. The first-order chi connectivity index (χ1) is 9.87. The molecule has 0 unspecified atom stereocenters. The summed E-state index contributed by atoms with van der Waals surface area (Å²) < 4.78 is 27.0. The molecule has 1 saturated carbocycles. The van der Waals surface area contributed by atoms with E-state index in [0.29, 0.717) is 6.54 Å². The lowest BCUT2D eigenvalue weighted by Gasteiger charge is -2.27. The van der Waals surface area contributed by atoms with Crippen LogP contribution in [0.1, 0.15) is 43.0 Å². The summed E-state index contributed by atoms with van der Waals surface area (Å²) in [6, 6.07) is 3.73. The number of aromatic carboxylic acids is 1. The molecule has 0 bridgehead atoms. The molecule has 0 saturated heterocycles. The van der Waals surface area contributed by atoms with Crippen LogP contribution in [0.4, 0.5) is 0 Å². The van der Waals surface area contributed by atoms with Crippen molar-refractivity contribution in [2.45, 2.75) is 43.5 Å². The molecule has 116 valence electrons. The smallest absolute Gasteiger partial charge is 0.335 e. The minimum absolute atomic E-state index is 0.0236. The Balaban J connectivity index is 2.46. The number of rotatable bonds is 5. The van der Waals surface area contributed by atoms with Crippen molar-refractivity contribution in [1.82, 2.24) is 4.31 Å². The standard InChI is InChI=1S/C14H18ClNO4S/c1-2-16(11-5-3-4-6-11)21(19,20)13-9-10(14(17)18)7-8-12(13)15/h7-9,11H,2-6H2,1H3,(H,17,18). The van der Waals surface area contributed by atoms with E-state index in [-0.39, 0.29) is 21.5 Å². The Bertz CT molecular complexity index is 638. The highest BCUT2D eigenvalue weighted by atomic mass is 35.5. The van der Waals surface area contributed by atoms with E-state index in [1.807, 2.05) is 0 Å². The largest absolute Gasteiger partial charge is 0.478 e. The summed E-state index contributed by atoms with van der Waals surface area (Å²) in [6.45, 7) is 2.13. The maximum atomic E-state index is 12.8. The van der Waals surface area contributed by atoms with Crippen molar-refractivity contribution in [3.63, 3.8) is 0 Å². The zero-order chi connectivity index (χ0) is 15.6. The summed E-state index contributed by atoms with van der Waals surface area (Å²) in [5, 5.41) is 9.07. The summed E-state index contributed by atoms with van der Waals surface area (Å²) in [7, 11) is -3.78. The van der Waals surface area contributed by atoms with Crippen molar-refractivity contribution in [3.8, 4) is 0 Å². The van der Waals surface area contributed by atoms with Gasteiger partial charge in [-0.1, -0.05) is 31.4 Å². The second-order valence-electron chi connectivity index (χ2n) is 5.10. The molecule has 0 radical (unpaired) electrons. The number of nitrogens with zero attached hydrogens (tertiary/aromatic N) is 1. The Labute approximate surface area is 129 Å². The van der Waals surface area contributed by atoms with E-state index in [0.717, 1.165) is 31.7 Å². The lowest BCUT2D eigenvalue weighted by atomic mass is 10.2. The number of hydrogen-bond donors (Lipinski definition) is 1. The summed E-state index contributed by atoms with van der Waals surface area (Å²) in [4.78, 5) is 10.9. The molecule has 21 heavy (non-hydrogen) atoms. The molecule has 0 amide bonds. The highest BCUT2D eigenvalue weighted by Crippen LogP contribution is 2.31. The van der Waals surface area contributed by atoms with Crippen LogP contribution < -0.4 is 0 Å². The molecule has 1 aromatic carbocycles. The third-order valence-corrected chi connectivity index (χ3v) is 6.32. The second kappa shape index (κ2) is 6.34. The third kappa shape index (κ3) is 3.22. The van der Waals surface area contributed by atoms with Crippen molar-refractivity contribution in [3.05, 3.63) is 28.8 Å². The van der Waals surface area contributed by atoms with Crippen LogP contribution in [-0.4, -0.2) is 36.4 Å². The summed E-state index contributed by atoms with van der Waals surface area (Å²) >= 11 is 5.99. The zero-order valence-corrected chi connectivity index (χ0v) is 13.3. The first kappa shape index (κ1) is 16.3. The molecule has 0 aromatic heterocycles. The van der Waals surface area contributed by atoms with E-state index in [9.17, 15) is 13.2 Å². The molecule has 7 heteroatoms. The average molecular weight is 332 g/mol. The summed E-state index contributed by atoms with van der Waals surface area (Å²) in [6.07, 6.45) is 3.70. The van der Waals surface area contributed by atoms with Gasteiger partial charge in [-0.15, -0.1) is 0 Å². The zero-order valence-electron chi connectivity index (χ0n) is 11.8. The molecule has 2 rings (SSSR count). The lowest BCUT2D eigenvalue weighted by molar-refractivity contribution is 0.0696. The van der Waals surface area contributed by atoms with Gasteiger partial charge in [-0.25, -0.2) is 13.2 Å². The van der Waals surface area contributed by atoms with Gasteiger partial charge in [-0.3, -0.25) is 0 Å². The molecule has 1 fully saturated rings. The highest BCUT2D eigenvalue weighted by Gasteiger charge is 2.33. The molecule has 1 aliphatic rings. The van der Waals surface area contributed by atoms with Crippen molar-refractivity contribution in [2.24, 2.45) is 0 Å². The van der Waals surface area contributed by atoms with Gasteiger partial charge in [0, 0.05) is 12.6 Å². The number of carbonyl (C=O) groups is 1. The number of carboxylic acids is 1. The highest BCUT2D eigenvalue weighted by molar-refractivity contribution is 7.89. The molecule has 1 aromatic rings. The number of hydrogen-bond acceptors (Lipinski definition) is 3. The van der Waals surface area contributed by atoms with Gasteiger partial charge in [0.15, 0.2) is 0 Å². The summed E-state index contributed by atoms with van der Waals surface area (Å²) in [5.74, 6) is -1.17.